The maximum absolute atomic E-state index is 13.1. The summed E-state index contributed by atoms with van der Waals surface area (Å²) in [5.74, 6) is 0.966. The molecule has 0 atom stereocenters. The van der Waals surface area contributed by atoms with Crippen molar-refractivity contribution < 1.29 is 27.1 Å². The maximum atomic E-state index is 13.1. The van der Waals surface area contributed by atoms with Crippen LogP contribution in [0.15, 0.2) is 53.1 Å². The van der Waals surface area contributed by atoms with Crippen LogP contribution >= 0.6 is 11.6 Å². The highest BCUT2D eigenvalue weighted by Gasteiger charge is 2.34. The predicted octanol–water partition coefficient (Wildman–Crippen LogP) is 5.98. The lowest BCUT2D eigenvalue weighted by Crippen LogP contribution is -2.17. The van der Waals surface area contributed by atoms with Crippen molar-refractivity contribution in [3.8, 4) is 17.1 Å². The van der Waals surface area contributed by atoms with Crippen molar-refractivity contribution in [1.29, 1.82) is 0 Å². The molecule has 158 valence electrons. The van der Waals surface area contributed by atoms with Gasteiger partial charge in [0.2, 0.25) is 5.91 Å². The molecule has 3 rings (SSSR count). The Labute approximate surface area is 175 Å². The number of carbonyl (C=O) groups is 1. The molecule has 9 heteroatoms. The number of amides is 1. The normalized spacial score (nSPS) is 11.4. The van der Waals surface area contributed by atoms with Crippen molar-refractivity contribution in [3.63, 3.8) is 0 Å². The summed E-state index contributed by atoms with van der Waals surface area (Å²) in [5, 5.41) is 2.20. The van der Waals surface area contributed by atoms with Crippen LogP contribution < -0.4 is 10.1 Å². The Kier molecular flexibility index (Phi) is 6.66. The Hall–Kier alpha value is -3.00. The molecule has 0 unspecified atom stereocenters. The summed E-state index contributed by atoms with van der Waals surface area (Å²) in [4.78, 5) is 16.3. The van der Waals surface area contributed by atoms with E-state index in [1.165, 1.54) is 12.3 Å². The first-order valence-corrected chi connectivity index (χ1v) is 9.48. The van der Waals surface area contributed by atoms with Crippen molar-refractivity contribution in [3.05, 3.63) is 65.1 Å². The molecule has 0 radical (unpaired) electrons. The van der Waals surface area contributed by atoms with Gasteiger partial charge < -0.3 is 14.5 Å². The van der Waals surface area contributed by atoms with Crippen molar-refractivity contribution in [1.82, 2.24) is 4.98 Å². The van der Waals surface area contributed by atoms with E-state index in [1.54, 1.807) is 12.1 Å². The first-order chi connectivity index (χ1) is 14.3. The maximum Gasteiger partial charge on any atom is 0.418 e. The largest absolute Gasteiger partial charge is 0.494 e. The van der Waals surface area contributed by atoms with Crippen LogP contribution in [0, 0.1) is 0 Å². The molecule has 0 saturated carbocycles. The average Bonchev–Trinajstić information content (AvgIpc) is 3.17. The highest BCUT2D eigenvalue weighted by molar-refractivity contribution is 6.30. The lowest BCUT2D eigenvalue weighted by Gasteiger charge is -2.14. The number of aryl methyl sites for hydroxylation is 1. The van der Waals surface area contributed by atoms with Crippen LogP contribution in [0.25, 0.3) is 11.3 Å². The van der Waals surface area contributed by atoms with Gasteiger partial charge >= 0.3 is 6.18 Å². The van der Waals surface area contributed by atoms with Crippen LogP contribution in [0.2, 0.25) is 5.02 Å². The fourth-order valence-corrected chi connectivity index (χ4v) is 2.91. The molecule has 1 heterocycles. The summed E-state index contributed by atoms with van der Waals surface area (Å²) < 4.78 is 50.4. The second-order valence-electron chi connectivity index (χ2n) is 6.31. The highest BCUT2D eigenvalue weighted by Crippen LogP contribution is 2.36. The summed E-state index contributed by atoms with van der Waals surface area (Å²) in [7, 11) is 0. The number of anilines is 1. The smallest absolute Gasteiger partial charge is 0.418 e. The Balaban J connectivity index is 1.61. The minimum Gasteiger partial charge on any atom is -0.494 e. The minimum atomic E-state index is -4.64. The predicted molar refractivity (Wildman–Crippen MR) is 107 cm³/mol. The Morgan fingerprint density at radius 2 is 1.93 bits per heavy atom. The summed E-state index contributed by atoms with van der Waals surface area (Å²) in [6.07, 6.45) is -3.06. The van der Waals surface area contributed by atoms with Crippen LogP contribution in [0.4, 0.5) is 18.9 Å². The quantitative estimate of drug-likeness (QED) is 0.492. The Bertz CT molecular complexity index is 1020. The van der Waals surface area contributed by atoms with Crippen LogP contribution in [0.1, 0.15) is 24.8 Å². The minimum absolute atomic E-state index is 0.0677. The third-order valence-corrected chi connectivity index (χ3v) is 4.37. The fraction of sp³-hybridized carbons (Fsp3) is 0.238. The van der Waals surface area contributed by atoms with Gasteiger partial charge in [0.15, 0.2) is 11.7 Å². The summed E-state index contributed by atoms with van der Waals surface area (Å²) >= 11 is 5.64. The molecule has 5 nitrogen and oxygen atoms in total. The Morgan fingerprint density at radius 3 is 2.60 bits per heavy atom. The monoisotopic (exact) mass is 438 g/mol. The zero-order valence-corrected chi connectivity index (χ0v) is 16.7. The van der Waals surface area contributed by atoms with E-state index >= 15 is 0 Å². The van der Waals surface area contributed by atoms with Gasteiger partial charge in [0.05, 0.1) is 24.1 Å². The number of ether oxygens (including phenoxy) is 1. The number of hydrogen-bond donors (Lipinski definition) is 1. The van der Waals surface area contributed by atoms with Gasteiger partial charge in [-0.1, -0.05) is 11.6 Å². The van der Waals surface area contributed by atoms with E-state index in [0.29, 0.717) is 18.3 Å². The van der Waals surface area contributed by atoms with Gasteiger partial charge in [-0.05, 0) is 49.4 Å². The number of hydrogen-bond acceptors (Lipinski definition) is 4. The number of oxazole rings is 1. The molecule has 0 saturated heterocycles. The van der Waals surface area contributed by atoms with Gasteiger partial charge in [-0.2, -0.15) is 13.2 Å². The van der Waals surface area contributed by atoms with Gasteiger partial charge in [0, 0.05) is 23.4 Å². The standard InChI is InChI=1S/C21H18ClF3N2O3/c1-2-29-15-6-3-13(4-7-15)18-12-26-20(30-18)10-9-19(28)27-17-8-5-14(22)11-16(17)21(23,24)25/h3-8,11-12H,2,9-10H2,1H3,(H,27,28). The molecule has 3 aromatic rings. The molecule has 2 aromatic carbocycles. The molecular formula is C21H18ClF3N2O3. The van der Waals surface area contributed by atoms with E-state index in [0.717, 1.165) is 23.4 Å². The van der Waals surface area contributed by atoms with Gasteiger partial charge in [0.25, 0.3) is 0 Å². The molecule has 1 amide bonds. The number of nitrogens with one attached hydrogen (secondary N) is 1. The lowest BCUT2D eigenvalue weighted by molar-refractivity contribution is -0.137. The Morgan fingerprint density at radius 1 is 1.20 bits per heavy atom. The highest BCUT2D eigenvalue weighted by atomic mass is 35.5. The molecule has 0 spiro atoms. The third-order valence-electron chi connectivity index (χ3n) is 4.13. The SMILES string of the molecule is CCOc1ccc(-c2cnc(CCC(=O)Nc3ccc(Cl)cc3C(F)(F)F)o2)cc1. The van der Waals surface area contributed by atoms with E-state index in [-0.39, 0.29) is 23.6 Å². The van der Waals surface area contributed by atoms with Crippen molar-refractivity contribution in [2.45, 2.75) is 25.9 Å². The second-order valence-corrected chi connectivity index (χ2v) is 6.75. The first kappa shape index (κ1) is 21.7. The molecule has 0 aliphatic carbocycles. The van der Waals surface area contributed by atoms with Gasteiger partial charge in [0.1, 0.15) is 5.75 Å². The number of benzene rings is 2. The molecule has 0 fully saturated rings. The molecule has 1 aromatic heterocycles. The summed E-state index contributed by atoms with van der Waals surface area (Å²) in [6.45, 7) is 2.46. The van der Waals surface area contributed by atoms with Crippen LogP contribution in [-0.2, 0) is 17.4 Å². The zero-order chi connectivity index (χ0) is 21.7. The number of carbonyl (C=O) groups excluding carboxylic acids is 1. The molecule has 0 aliphatic rings. The number of alkyl halides is 3. The first-order valence-electron chi connectivity index (χ1n) is 9.11. The number of nitrogens with zero attached hydrogens (tertiary/aromatic N) is 1. The van der Waals surface area contributed by atoms with Crippen LogP contribution in [0.3, 0.4) is 0 Å². The van der Waals surface area contributed by atoms with Crippen molar-refractivity contribution in [2.75, 3.05) is 11.9 Å². The average molecular weight is 439 g/mol. The lowest BCUT2D eigenvalue weighted by atomic mass is 10.1. The van der Waals surface area contributed by atoms with Crippen LogP contribution in [0.5, 0.6) is 5.75 Å². The molecule has 1 N–H and O–H groups in total. The van der Waals surface area contributed by atoms with Crippen LogP contribution in [-0.4, -0.2) is 17.5 Å². The zero-order valence-electron chi connectivity index (χ0n) is 15.9. The molecular weight excluding hydrogens is 421 g/mol. The molecule has 0 bridgehead atoms. The van der Waals surface area contributed by atoms with Crippen molar-refractivity contribution >= 4 is 23.2 Å². The fourth-order valence-electron chi connectivity index (χ4n) is 2.73. The number of aromatic nitrogens is 1. The van der Waals surface area contributed by atoms with Gasteiger partial charge in [-0.25, -0.2) is 4.98 Å². The topological polar surface area (TPSA) is 64.4 Å². The van der Waals surface area contributed by atoms with E-state index in [2.05, 4.69) is 10.3 Å². The summed E-state index contributed by atoms with van der Waals surface area (Å²) in [5.41, 5.74) is -0.561. The van der Waals surface area contributed by atoms with E-state index in [9.17, 15) is 18.0 Å². The number of rotatable bonds is 7. The van der Waals surface area contributed by atoms with E-state index < -0.39 is 17.6 Å². The third kappa shape index (κ3) is 5.54. The van der Waals surface area contributed by atoms with Gasteiger partial charge in [-0.3, -0.25) is 4.79 Å². The molecule has 0 aliphatic heterocycles. The van der Waals surface area contributed by atoms with Gasteiger partial charge in [-0.15, -0.1) is 0 Å². The van der Waals surface area contributed by atoms with Crippen molar-refractivity contribution in [2.24, 2.45) is 0 Å². The van der Waals surface area contributed by atoms with E-state index in [1.807, 2.05) is 19.1 Å². The second kappa shape index (κ2) is 9.21. The van der Waals surface area contributed by atoms with E-state index in [4.69, 9.17) is 20.8 Å². The summed E-state index contributed by atoms with van der Waals surface area (Å²) in [6, 6.07) is 10.4. The molecule has 30 heavy (non-hydrogen) atoms. The number of halogens is 4.